The Morgan fingerprint density at radius 3 is 2.94 bits per heavy atom. The molecule has 0 aliphatic heterocycles. The molecule has 0 unspecified atom stereocenters. The standard InChI is InChI=1S/C10H7ClN4O2/c11-7-4-12-5-8(14-7)15-10(17)6-2-1-3-13-9(6)16/h1-5H,(H,13,16)(H,14,15,17). The van der Waals surface area contributed by atoms with Gasteiger partial charge in [0.25, 0.3) is 11.5 Å². The summed E-state index contributed by atoms with van der Waals surface area (Å²) in [6.07, 6.45) is 4.12. The van der Waals surface area contributed by atoms with Crippen LogP contribution in [-0.4, -0.2) is 20.9 Å². The second-order valence-electron chi connectivity index (χ2n) is 3.09. The summed E-state index contributed by atoms with van der Waals surface area (Å²) in [5.74, 6) is -0.380. The summed E-state index contributed by atoms with van der Waals surface area (Å²) in [4.78, 5) is 33.0. The lowest BCUT2D eigenvalue weighted by molar-refractivity contribution is 0.102. The van der Waals surface area contributed by atoms with Crippen molar-refractivity contribution in [2.75, 3.05) is 5.32 Å². The second kappa shape index (κ2) is 4.75. The number of carbonyl (C=O) groups is 1. The van der Waals surface area contributed by atoms with Crippen LogP contribution in [0.3, 0.4) is 0 Å². The molecule has 0 atom stereocenters. The summed E-state index contributed by atoms with van der Waals surface area (Å²) >= 11 is 5.61. The van der Waals surface area contributed by atoms with Crippen LogP contribution in [0.5, 0.6) is 0 Å². The predicted molar refractivity (Wildman–Crippen MR) is 62.1 cm³/mol. The Morgan fingerprint density at radius 1 is 1.41 bits per heavy atom. The van der Waals surface area contributed by atoms with Crippen LogP contribution in [0.25, 0.3) is 0 Å². The number of carbonyl (C=O) groups excluding carboxylic acids is 1. The van der Waals surface area contributed by atoms with E-state index >= 15 is 0 Å². The van der Waals surface area contributed by atoms with Gasteiger partial charge >= 0.3 is 0 Å². The molecule has 0 saturated heterocycles. The summed E-state index contributed by atoms with van der Waals surface area (Å²) in [6.45, 7) is 0. The highest BCUT2D eigenvalue weighted by Gasteiger charge is 2.10. The van der Waals surface area contributed by atoms with Crippen molar-refractivity contribution in [3.8, 4) is 0 Å². The van der Waals surface area contributed by atoms with Gasteiger partial charge in [0.1, 0.15) is 10.7 Å². The summed E-state index contributed by atoms with van der Waals surface area (Å²) in [7, 11) is 0. The summed E-state index contributed by atoms with van der Waals surface area (Å²) in [5.41, 5.74) is -0.478. The third kappa shape index (κ3) is 2.67. The van der Waals surface area contributed by atoms with Crippen molar-refractivity contribution < 1.29 is 4.79 Å². The smallest absolute Gasteiger partial charge is 0.262 e. The van der Waals surface area contributed by atoms with Gasteiger partial charge in [0.15, 0.2) is 5.82 Å². The van der Waals surface area contributed by atoms with Gasteiger partial charge in [-0.15, -0.1) is 0 Å². The SMILES string of the molecule is O=C(Nc1cncc(Cl)n1)c1ccc[nH]c1=O. The van der Waals surface area contributed by atoms with Crippen LogP contribution in [-0.2, 0) is 0 Å². The summed E-state index contributed by atoms with van der Waals surface area (Å²) in [6, 6.07) is 2.96. The van der Waals surface area contributed by atoms with Gasteiger partial charge in [-0.3, -0.25) is 14.6 Å². The third-order valence-corrected chi connectivity index (χ3v) is 2.09. The van der Waals surface area contributed by atoms with Crippen LogP contribution < -0.4 is 10.9 Å². The molecule has 0 fully saturated rings. The molecule has 0 aliphatic carbocycles. The minimum absolute atomic E-state index is 0.00530. The monoisotopic (exact) mass is 250 g/mol. The number of H-pyrrole nitrogens is 1. The molecular formula is C10H7ClN4O2. The number of nitrogens with zero attached hydrogens (tertiary/aromatic N) is 2. The van der Waals surface area contributed by atoms with Crippen molar-refractivity contribution in [2.24, 2.45) is 0 Å². The molecule has 2 rings (SSSR count). The van der Waals surface area contributed by atoms with E-state index in [9.17, 15) is 9.59 Å². The summed E-state index contributed by atoms with van der Waals surface area (Å²) < 4.78 is 0. The van der Waals surface area contributed by atoms with Crippen LogP contribution in [0.2, 0.25) is 5.15 Å². The van der Waals surface area contributed by atoms with E-state index in [0.717, 1.165) is 0 Å². The Bertz CT molecular complexity index is 611. The average Bonchev–Trinajstić information content (AvgIpc) is 2.29. The first-order valence-electron chi connectivity index (χ1n) is 4.63. The Labute approximate surface area is 101 Å². The van der Waals surface area contributed by atoms with Crippen LogP contribution in [0.15, 0.2) is 35.5 Å². The Morgan fingerprint density at radius 2 is 2.24 bits per heavy atom. The number of amides is 1. The maximum Gasteiger partial charge on any atom is 0.262 e. The van der Waals surface area contributed by atoms with Gasteiger partial charge in [-0.25, -0.2) is 4.98 Å². The fourth-order valence-electron chi connectivity index (χ4n) is 1.19. The quantitative estimate of drug-likeness (QED) is 0.835. The van der Waals surface area contributed by atoms with Gasteiger partial charge < -0.3 is 10.3 Å². The minimum atomic E-state index is -0.566. The predicted octanol–water partition coefficient (Wildman–Crippen LogP) is 1.07. The first-order valence-corrected chi connectivity index (χ1v) is 5.01. The largest absolute Gasteiger partial charge is 0.328 e. The molecule has 0 bridgehead atoms. The maximum absolute atomic E-state index is 11.7. The molecule has 6 nitrogen and oxygen atoms in total. The lowest BCUT2D eigenvalue weighted by atomic mass is 10.2. The number of hydrogen-bond acceptors (Lipinski definition) is 4. The van der Waals surface area contributed by atoms with Crippen LogP contribution in [0.4, 0.5) is 5.82 Å². The number of pyridine rings is 1. The molecule has 2 heterocycles. The lowest BCUT2D eigenvalue weighted by Crippen LogP contribution is -2.22. The Kier molecular flexibility index (Phi) is 3.15. The van der Waals surface area contributed by atoms with Crippen LogP contribution in [0, 0.1) is 0 Å². The van der Waals surface area contributed by atoms with Crippen molar-refractivity contribution in [3.63, 3.8) is 0 Å². The summed E-state index contributed by atoms with van der Waals surface area (Å²) in [5, 5.41) is 2.58. The highest BCUT2D eigenvalue weighted by atomic mass is 35.5. The van der Waals surface area contributed by atoms with E-state index in [1.807, 2.05) is 0 Å². The molecule has 0 radical (unpaired) electrons. The average molecular weight is 251 g/mol. The van der Waals surface area contributed by atoms with Crippen molar-refractivity contribution in [1.29, 1.82) is 0 Å². The van der Waals surface area contributed by atoms with Gasteiger partial charge in [-0.05, 0) is 12.1 Å². The number of hydrogen-bond donors (Lipinski definition) is 2. The van der Waals surface area contributed by atoms with E-state index in [2.05, 4.69) is 20.3 Å². The third-order valence-electron chi connectivity index (χ3n) is 1.91. The molecule has 2 aromatic rings. The zero-order chi connectivity index (χ0) is 12.3. The minimum Gasteiger partial charge on any atom is -0.328 e. The molecule has 2 aromatic heterocycles. The number of aromatic amines is 1. The van der Waals surface area contributed by atoms with E-state index in [0.29, 0.717) is 0 Å². The normalized spacial score (nSPS) is 9.94. The van der Waals surface area contributed by atoms with E-state index in [1.165, 1.54) is 24.7 Å². The molecule has 0 aliphatic rings. The van der Waals surface area contributed by atoms with Crippen molar-refractivity contribution in [2.45, 2.75) is 0 Å². The fraction of sp³-hybridized carbons (Fsp3) is 0. The van der Waals surface area contributed by atoms with E-state index in [4.69, 9.17) is 11.6 Å². The van der Waals surface area contributed by atoms with Crippen LogP contribution in [0.1, 0.15) is 10.4 Å². The fourth-order valence-corrected chi connectivity index (χ4v) is 1.33. The number of halogens is 1. The van der Waals surface area contributed by atoms with E-state index < -0.39 is 11.5 Å². The highest BCUT2D eigenvalue weighted by molar-refractivity contribution is 6.29. The van der Waals surface area contributed by atoms with Gasteiger partial charge in [0, 0.05) is 6.20 Å². The molecule has 0 spiro atoms. The molecule has 17 heavy (non-hydrogen) atoms. The van der Waals surface area contributed by atoms with Gasteiger partial charge in [-0.1, -0.05) is 11.6 Å². The van der Waals surface area contributed by atoms with E-state index in [1.54, 1.807) is 6.07 Å². The molecule has 0 saturated carbocycles. The Balaban J connectivity index is 2.23. The zero-order valence-electron chi connectivity index (χ0n) is 8.48. The van der Waals surface area contributed by atoms with Crippen molar-refractivity contribution >= 4 is 23.3 Å². The van der Waals surface area contributed by atoms with Gasteiger partial charge in [0.2, 0.25) is 0 Å². The van der Waals surface area contributed by atoms with Crippen molar-refractivity contribution in [3.05, 3.63) is 51.8 Å². The first kappa shape index (κ1) is 11.3. The van der Waals surface area contributed by atoms with Crippen LogP contribution >= 0.6 is 11.6 Å². The van der Waals surface area contributed by atoms with E-state index in [-0.39, 0.29) is 16.5 Å². The molecule has 1 amide bonds. The van der Waals surface area contributed by atoms with Crippen molar-refractivity contribution in [1.82, 2.24) is 15.0 Å². The second-order valence-corrected chi connectivity index (χ2v) is 3.48. The van der Waals surface area contributed by atoms with Gasteiger partial charge in [0.05, 0.1) is 12.4 Å². The highest BCUT2D eigenvalue weighted by Crippen LogP contribution is 2.07. The molecule has 86 valence electrons. The number of aromatic nitrogens is 3. The molecule has 2 N–H and O–H groups in total. The molecule has 7 heteroatoms. The topological polar surface area (TPSA) is 87.7 Å². The number of rotatable bonds is 2. The zero-order valence-corrected chi connectivity index (χ0v) is 9.23. The number of nitrogens with one attached hydrogen (secondary N) is 2. The van der Waals surface area contributed by atoms with Gasteiger partial charge in [-0.2, -0.15) is 0 Å². The number of anilines is 1. The lowest BCUT2D eigenvalue weighted by Gasteiger charge is -2.02. The molecule has 0 aromatic carbocycles. The Hall–Kier alpha value is -2.21. The maximum atomic E-state index is 11.7. The first-order chi connectivity index (χ1) is 8.16. The molecular weight excluding hydrogens is 244 g/mol.